The molecule has 1 aromatic heterocycles. The summed E-state index contributed by atoms with van der Waals surface area (Å²) in [5.74, 6) is 1.32. The van der Waals surface area contributed by atoms with Gasteiger partial charge in [-0.3, -0.25) is 9.48 Å². The number of hydrogen-bond acceptors (Lipinski definition) is 4. The minimum absolute atomic E-state index is 0.0814. The predicted octanol–water partition coefficient (Wildman–Crippen LogP) is 3.12. The molecule has 0 amide bonds. The van der Waals surface area contributed by atoms with Gasteiger partial charge < -0.3 is 9.47 Å². The van der Waals surface area contributed by atoms with E-state index in [0.717, 1.165) is 17.8 Å². The van der Waals surface area contributed by atoms with Crippen LogP contribution in [0.3, 0.4) is 0 Å². The molecule has 0 unspecified atom stereocenters. The molecule has 0 spiro atoms. The highest BCUT2D eigenvalue weighted by atomic mass is 16.5. The Morgan fingerprint density at radius 2 is 2.09 bits per heavy atom. The van der Waals surface area contributed by atoms with Crippen molar-refractivity contribution in [3.8, 4) is 11.5 Å². The second kappa shape index (κ2) is 6.93. The van der Waals surface area contributed by atoms with Gasteiger partial charge in [0, 0.05) is 17.8 Å². The highest BCUT2D eigenvalue weighted by Gasteiger charge is 2.11. The van der Waals surface area contributed by atoms with Crippen LogP contribution in [0, 0.1) is 6.92 Å². The number of benzene rings is 1. The molecule has 0 aliphatic heterocycles. The number of carbonyl (C=O) groups is 1. The van der Waals surface area contributed by atoms with E-state index in [1.807, 2.05) is 32.0 Å². The van der Waals surface area contributed by atoms with Crippen LogP contribution < -0.4 is 9.47 Å². The van der Waals surface area contributed by atoms with E-state index in [-0.39, 0.29) is 5.78 Å². The molecule has 0 N–H and O–H groups in total. The number of ether oxygens (including phenoxy) is 2. The number of carbonyl (C=O) groups excluding carboxylic acids is 1. The van der Waals surface area contributed by atoms with Crippen molar-refractivity contribution >= 4 is 11.9 Å². The maximum absolute atomic E-state index is 12.3. The molecule has 0 aliphatic carbocycles. The number of aromatic nitrogens is 2. The fraction of sp³-hybridized carbons (Fsp3) is 0.294. The monoisotopic (exact) mass is 300 g/mol. The van der Waals surface area contributed by atoms with Crippen molar-refractivity contribution in [3.05, 3.63) is 47.3 Å². The Balaban J connectivity index is 2.27. The first kappa shape index (κ1) is 15.8. The average Bonchev–Trinajstić information content (AvgIpc) is 2.93. The van der Waals surface area contributed by atoms with Crippen molar-refractivity contribution < 1.29 is 14.3 Å². The normalized spacial score (nSPS) is 10.9. The molecule has 0 bridgehead atoms. The Morgan fingerprint density at radius 1 is 1.32 bits per heavy atom. The largest absolute Gasteiger partial charge is 0.497 e. The molecule has 2 aromatic rings. The van der Waals surface area contributed by atoms with Crippen LogP contribution in [0.5, 0.6) is 11.5 Å². The average molecular weight is 300 g/mol. The molecule has 22 heavy (non-hydrogen) atoms. The molecule has 116 valence electrons. The lowest BCUT2D eigenvalue weighted by Crippen LogP contribution is -2.01. The molecule has 0 atom stereocenters. The fourth-order valence-corrected chi connectivity index (χ4v) is 2.23. The second-order valence-electron chi connectivity index (χ2n) is 4.76. The van der Waals surface area contributed by atoms with Gasteiger partial charge in [-0.1, -0.05) is 0 Å². The third kappa shape index (κ3) is 3.19. The molecule has 0 fully saturated rings. The van der Waals surface area contributed by atoms with Crippen molar-refractivity contribution in [1.29, 1.82) is 0 Å². The molecule has 2 rings (SSSR count). The van der Waals surface area contributed by atoms with Crippen molar-refractivity contribution in [2.45, 2.75) is 20.4 Å². The summed E-state index contributed by atoms with van der Waals surface area (Å²) in [7, 11) is 3.19. The first-order valence-corrected chi connectivity index (χ1v) is 7.07. The number of aryl methyl sites for hydroxylation is 1. The fourth-order valence-electron chi connectivity index (χ4n) is 2.23. The molecule has 1 heterocycles. The first-order valence-electron chi connectivity index (χ1n) is 7.07. The molecular weight excluding hydrogens is 280 g/mol. The zero-order valence-corrected chi connectivity index (χ0v) is 13.3. The van der Waals surface area contributed by atoms with Gasteiger partial charge in [0.25, 0.3) is 0 Å². The number of hydrogen-bond donors (Lipinski definition) is 0. The van der Waals surface area contributed by atoms with E-state index in [1.165, 1.54) is 6.08 Å². The summed E-state index contributed by atoms with van der Waals surface area (Å²) in [5, 5.41) is 4.19. The highest BCUT2D eigenvalue weighted by Crippen LogP contribution is 2.25. The molecule has 5 heteroatoms. The summed E-state index contributed by atoms with van der Waals surface area (Å²) < 4.78 is 12.3. The molecule has 0 saturated heterocycles. The van der Waals surface area contributed by atoms with Crippen molar-refractivity contribution in [2.75, 3.05) is 14.2 Å². The summed E-state index contributed by atoms with van der Waals surface area (Å²) in [6.45, 7) is 4.63. The van der Waals surface area contributed by atoms with Crippen LogP contribution in [0.25, 0.3) is 6.08 Å². The summed E-state index contributed by atoms with van der Waals surface area (Å²) >= 11 is 0. The number of ketones is 1. The molecule has 0 aliphatic rings. The van der Waals surface area contributed by atoms with Crippen LogP contribution in [0.2, 0.25) is 0 Å². The topological polar surface area (TPSA) is 53.4 Å². The van der Waals surface area contributed by atoms with Crippen molar-refractivity contribution in [1.82, 2.24) is 9.78 Å². The lowest BCUT2D eigenvalue weighted by molar-refractivity contribution is 0.104. The van der Waals surface area contributed by atoms with Crippen molar-refractivity contribution in [2.24, 2.45) is 0 Å². The summed E-state index contributed by atoms with van der Waals surface area (Å²) in [6, 6.07) is 5.45. The molecule has 5 nitrogen and oxygen atoms in total. The summed E-state index contributed by atoms with van der Waals surface area (Å²) in [4.78, 5) is 12.3. The van der Waals surface area contributed by atoms with Crippen molar-refractivity contribution in [3.63, 3.8) is 0 Å². The lowest BCUT2D eigenvalue weighted by atomic mass is 10.1. The summed E-state index contributed by atoms with van der Waals surface area (Å²) in [5.41, 5.74) is 2.27. The number of nitrogens with zero attached hydrogens (tertiary/aromatic N) is 2. The Kier molecular flexibility index (Phi) is 4.99. The van der Waals surface area contributed by atoms with Crippen LogP contribution in [0.1, 0.15) is 28.5 Å². The van der Waals surface area contributed by atoms with Gasteiger partial charge in [-0.15, -0.1) is 0 Å². The van der Waals surface area contributed by atoms with E-state index >= 15 is 0 Å². The standard InChI is InChI=1S/C17H20N2O3/c1-5-19-12(2)15(11-18-19)16(20)8-6-13-10-14(21-3)7-9-17(13)22-4/h6-11H,5H2,1-4H3/b8-6+. The van der Waals surface area contributed by atoms with Gasteiger partial charge in [-0.25, -0.2) is 0 Å². The summed E-state index contributed by atoms with van der Waals surface area (Å²) in [6.07, 6.45) is 4.86. The second-order valence-corrected chi connectivity index (χ2v) is 4.76. The van der Waals surface area contributed by atoms with E-state index in [1.54, 1.807) is 31.2 Å². The Hall–Kier alpha value is -2.56. The van der Waals surface area contributed by atoms with E-state index in [2.05, 4.69) is 5.10 Å². The lowest BCUT2D eigenvalue weighted by Gasteiger charge is -2.07. The third-order valence-electron chi connectivity index (χ3n) is 3.52. The van der Waals surface area contributed by atoms with Crippen LogP contribution in [0.15, 0.2) is 30.5 Å². The highest BCUT2D eigenvalue weighted by molar-refractivity contribution is 6.07. The Morgan fingerprint density at radius 3 is 2.68 bits per heavy atom. The zero-order chi connectivity index (χ0) is 16.1. The quantitative estimate of drug-likeness (QED) is 0.607. The molecular formula is C17H20N2O3. The minimum Gasteiger partial charge on any atom is -0.497 e. The van der Waals surface area contributed by atoms with Gasteiger partial charge in [0.05, 0.1) is 26.0 Å². The van der Waals surface area contributed by atoms with Gasteiger partial charge in [-0.05, 0) is 44.2 Å². The van der Waals surface area contributed by atoms with Gasteiger partial charge >= 0.3 is 0 Å². The van der Waals surface area contributed by atoms with E-state index in [9.17, 15) is 4.79 Å². The van der Waals surface area contributed by atoms with Crippen LogP contribution in [0.4, 0.5) is 0 Å². The van der Waals surface area contributed by atoms with Crippen LogP contribution >= 0.6 is 0 Å². The minimum atomic E-state index is -0.0814. The number of methoxy groups -OCH3 is 2. The SMILES string of the molecule is CCn1ncc(C(=O)/C=C/c2cc(OC)ccc2OC)c1C. The predicted molar refractivity (Wildman–Crippen MR) is 85.5 cm³/mol. The third-order valence-corrected chi connectivity index (χ3v) is 3.52. The Labute approximate surface area is 130 Å². The van der Waals surface area contributed by atoms with E-state index < -0.39 is 0 Å². The number of allylic oxidation sites excluding steroid dienone is 1. The van der Waals surface area contributed by atoms with Gasteiger partial charge in [0.1, 0.15) is 11.5 Å². The maximum atomic E-state index is 12.3. The molecule has 0 radical (unpaired) electrons. The number of rotatable bonds is 6. The van der Waals surface area contributed by atoms with Crippen LogP contribution in [-0.2, 0) is 6.54 Å². The first-order chi connectivity index (χ1) is 10.6. The maximum Gasteiger partial charge on any atom is 0.189 e. The van der Waals surface area contributed by atoms with Gasteiger partial charge in [0.2, 0.25) is 0 Å². The van der Waals surface area contributed by atoms with Crippen LogP contribution in [-0.4, -0.2) is 29.8 Å². The smallest absolute Gasteiger partial charge is 0.189 e. The van der Waals surface area contributed by atoms with Gasteiger partial charge in [0.15, 0.2) is 5.78 Å². The molecule has 1 aromatic carbocycles. The zero-order valence-electron chi connectivity index (χ0n) is 13.3. The Bertz CT molecular complexity index is 702. The van der Waals surface area contributed by atoms with E-state index in [0.29, 0.717) is 17.1 Å². The molecule has 0 saturated carbocycles. The van der Waals surface area contributed by atoms with Gasteiger partial charge in [-0.2, -0.15) is 5.10 Å². The van der Waals surface area contributed by atoms with E-state index in [4.69, 9.17) is 9.47 Å².